The lowest BCUT2D eigenvalue weighted by Gasteiger charge is -2.14. The molecule has 0 bridgehead atoms. The Morgan fingerprint density at radius 2 is 1.56 bits per heavy atom. The van der Waals surface area contributed by atoms with Crippen LogP contribution < -0.4 is 9.05 Å². The van der Waals surface area contributed by atoms with Crippen molar-refractivity contribution in [3.63, 3.8) is 0 Å². The smallest absolute Gasteiger partial charge is 0.395 e. The maximum absolute atomic E-state index is 11.8. The van der Waals surface area contributed by atoms with Crippen molar-refractivity contribution >= 4 is 19.4 Å². The van der Waals surface area contributed by atoms with Gasteiger partial charge in [-0.3, -0.25) is 4.89 Å². The van der Waals surface area contributed by atoms with E-state index in [4.69, 9.17) is 20.6 Å². The Morgan fingerprint density at radius 3 is 2.22 bits per heavy atom. The van der Waals surface area contributed by atoms with E-state index in [0.29, 0.717) is 0 Å². The van der Waals surface area contributed by atoms with Gasteiger partial charge in [-0.1, -0.05) is 41.9 Å². The van der Waals surface area contributed by atoms with Gasteiger partial charge >= 0.3 is 7.82 Å². The Bertz CT molecular complexity index is 573. The summed E-state index contributed by atoms with van der Waals surface area (Å²) in [5.41, 5.74) is 0. The Labute approximate surface area is 109 Å². The van der Waals surface area contributed by atoms with Crippen LogP contribution >= 0.6 is 19.4 Å². The number of phosphoric ester groups is 1. The van der Waals surface area contributed by atoms with E-state index in [2.05, 4.69) is 0 Å². The molecule has 2 rings (SSSR count). The first-order valence-corrected chi connectivity index (χ1v) is 6.96. The number of rotatable bonds is 4. The third-order valence-corrected chi connectivity index (χ3v) is 3.20. The number of hydrogen-bond acceptors (Lipinski definition) is 3. The fraction of sp³-hybridized carbons (Fsp3) is 0. The first-order valence-electron chi connectivity index (χ1n) is 5.08. The second-order valence-corrected chi connectivity index (χ2v) is 5.10. The van der Waals surface area contributed by atoms with Crippen molar-refractivity contribution in [2.75, 3.05) is 0 Å². The largest absolute Gasteiger partial charge is 0.584 e. The summed E-state index contributed by atoms with van der Waals surface area (Å²) in [5, 5.41) is 0.239. The predicted octanol–water partition coefficient (Wildman–Crippen LogP) is 3.90. The van der Waals surface area contributed by atoms with Crippen LogP contribution in [0.5, 0.6) is 11.5 Å². The molecule has 0 aliphatic rings. The summed E-state index contributed by atoms with van der Waals surface area (Å²) in [6.07, 6.45) is 0. The van der Waals surface area contributed by atoms with E-state index in [9.17, 15) is 9.46 Å². The van der Waals surface area contributed by atoms with Crippen LogP contribution in [0.3, 0.4) is 0 Å². The molecular weight excluding hydrogens is 275 g/mol. The van der Waals surface area contributed by atoms with Gasteiger partial charge in [-0.05, 0) is 24.3 Å². The third-order valence-electron chi connectivity index (χ3n) is 2.01. The molecule has 18 heavy (non-hydrogen) atoms. The van der Waals surface area contributed by atoms with E-state index in [0.717, 1.165) is 0 Å². The summed E-state index contributed by atoms with van der Waals surface area (Å²) in [6, 6.07) is 14.6. The lowest BCUT2D eigenvalue weighted by molar-refractivity contribution is 0.291. The molecular formula is C12H10ClO4P. The van der Waals surface area contributed by atoms with Gasteiger partial charge in [0.15, 0.2) is 5.75 Å². The van der Waals surface area contributed by atoms with Gasteiger partial charge in [0.05, 0.1) is 5.02 Å². The molecule has 0 heterocycles. The van der Waals surface area contributed by atoms with Crippen molar-refractivity contribution in [2.45, 2.75) is 0 Å². The molecule has 0 saturated heterocycles. The van der Waals surface area contributed by atoms with Crippen LogP contribution in [-0.4, -0.2) is 4.89 Å². The molecule has 0 fully saturated rings. The molecule has 4 nitrogen and oxygen atoms in total. The zero-order valence-corrected chi connectivity index (χ0v) is 10.8. The molecule has 1 atom stereocenters. The summed E-state index contributed by atoms with van der Waals surface area (Å²) in [7, 11) is -4.25. The summed E-state index contributed by atoms with van der Waals surface area (Å²) < 4.78 is 21.5. The highest BCUT2D eigenvalue weighted by Crippen LogP contribution is 2.45. The first-order chi connectivity index (χ1) is 8.57. The van der Waals surface area contributed by atoms with E-state index in [1.54, 1.807) is 48.5 Å². The maximum Gasteiger partial charge on any atom is 0.584 e. The molecule has 94 valence electrons. The van der Waals surface area contributed by atoms with Crippen molar-refractivity contribution < 1.29 is 18.5 Å². The van der Waals surface area contributed by atoms with Gasteiger partial charge in [0.1, 0.15) is 5.75 Å². The molecule has 0 saturated carbocycles. The second-order valence-electron chi connectivity index (χ2n) is 3.39. The predicted molar refractivity (Wildman–Crippen MR) is 69.0 cm³/mol. The number of hydrogen-bond donors (Lipinski definition) is 1. The Kier molecular flexibility index (Phi) is 3.92. The monoisotopic (exact) mass is 284 g/mol. The van der Waals surface area contributed by atoms with Gasteiger partial charge in [-0.2, -0.15) is 0 Å². The highest BCUT2D eigenvalue weighted by Gasteiger charge is 2.25. The standard InChI is InChI=1S/C12H10ClO4P/c13-11-8-4-5-9-12(11)17-18(14,15)16-10-6-2-1-3-7-10/h1-9H,(H,14,15). The Morgan fingerprint density at radius 1 is 0.944 bits per heavy atom. The lowest BCUT2D eigenvalue weighted by atomic mass is 10.3. The van der Waals surface area contributed by atoms with Crippen molar-refractivity contribution in [1.82, 2.24) is 0 Å². The number of benzene rings is 2. The van der Waals surface area contributed by atoms with Crippen LogP contribution in [0.15, 0.2) is 54.6 Å². The Hall–Kier alpha value is -1.48. The zero-order valence-electron chi connectivity index (χ0n) is 9.19. The van der Waals surface area contributed by atoms with Crippen molar-refractivity contribution in [3.8, 4) is 11.5 Å². The van der Waals surface area contributed by atoms with Gasteiger partial charge < -0.3 is 9.05 Å². The Balaban J connectivity index is 2.13. The summed E-state index contributed by atoms with van der Waals surface area (Å²) in [5.74, 6) is 0.344. The SMILES string of the molecule is O=P(O)(Oc1ccccc1)Oc1ccccc1Cl. The number of halogens is 1. The van der Waals surface area contributed by atoms with E-state index >= 15 is 0 Å². The second kappa shape index (κ2) is 5.44. The molecule has 0 amide bonds. The summed E-state index contributed by atoms with van der Waals surface area (Å²) >= 11 is 5.82. The van der Waals surface area contributed by atoms with Gasteiger partial charge in [0.25, 0.3) is 0 Å². The molecule has 1 N–H and O–H groups in total. The molecule has 0 spiro atoms. The van der Waals surface area contributed by atoms with Crippen LogP contribution in [0.25, 0.3) is 0 Å². The minimum absolute atomic E-state index is 0.0981. The quantitative estimate of drug-likeness (QED) is 0.865. The topological polar surface area (TPSA) is 55.8 Å². The van der Waals surface area contributed by atoms with E-state index < -0.39 is 7.82 Å². The fourth-order valence-electron chi connectivity index (χ4n) is 1.28. The molecule has 0 radical (unpaired) electrons. The molecule has 2 aromatic carbocycles. The van der Waals surface area contributed by atoms with Crippen LogP contribution in [0.2, 0.25) is 5.02 Å². The van der Waals surface area contributed by atoms with Crippen molar-refractivity contribution in [2.24, 2.45) is 0 Å². The fourth-order valence-corrected chi connectivity index (χ4v) is 2.34. The van der Waals surface area contributed by atoms with Gasteiger partial charge in [0, 0.05) is 0 Å². The van der Waals surface area contributed by atoms with Crippen LogP contribution in [0.1, 0.15) is 0 Å². The normalized spacial score (nSPS) is 13.7. The van der Waals surface area contributed by atoms with Crippen LogP contribution in [0, 0.1) is 0 Å². The van der Waals surface area contributed by atoms with Crippen molar-refractivity contribution in [1.29, 1.82) is 0 Å². The molecule has 0 aliphatic heterocycles. The highest BCUT2D eigenvalue weighted by atomic mass is 35.5. The summed E-state index contributed by atoms with van der Waals surface area (Å²) in [4.78, 5) is 9.60. The zero-order chi connectivity index (χ0) is 13.0. The minimum Gasteiger partial charge on any atom is -0.395 e. The molecule has 6 heteroatoms. The highest BCUT2D eigenvalue weighted by molar-refractivity contribution is 7.48. The molecule has 2 aromatic rings. The number of phosphoric acid groups is 1. The maximum atomic E-state index is 11.8. The van der Waals surface area contributed by atoms with Crippen LogP contribution in [0.4, 0.5) is 0 Å². The lowest BCUT2D eigenvalue weighted by Crippen LogP contribution is -1.99. The molecule has 0 aliphatic carbocycles. The molecule has 0 aromatic heterocycles. The third kappa shape index (κ3) is 3.50. The summed E-state index contributed by atoms with van der Waals surface area (Å²) in [6.45, 7) is 0. The van der Waals surface area contributed by atoms with E-state index in [1.807, 2.05) is 0 Å². The average molecular weight is 285 g/mol. The van der Waals surface area contributed by atoms with Crippen LogP contribution in [-0.2, 0) is 4.57 Å². The number of para-hydroxylation sites is 2. The molecule has 1 unspecified atom stereocenters. The minimum atomic E-state index is -4.25. The van der Waals surface area contributed by atoms with E-state index in [1.165, 1.54) is 6.07 Å². The average Bonchev–Trinajstić information content (AvgIpc) is 2.32. The first kappa shape index (κ1) is 13.0. The van der Waals surface area contributed by atoms with Gasteiger partial charge in [-0.15, -0.1) is 0 Å². The van der Waals surface area contributed by atoms with E-state index in [-0.39, 0.29) is 16.5 Å². The van der Waals surface area contributed by atoms with Gasteiger partial charge in [-0.25, -0.2) is 4.57 Å². The van der Waals surface area contributed by atoms with Crippen molar-refractivity contribution in [3.05, 3.63) is 59.6 Å². The van der Waals surface area contributed by atoms with Gasteiger partial charge in [0.2, 0.25) is 0 Å².